The van der Waals surface area contributed by atoms with Gasteiger partial charge in [-0.1, -0.05) is 19.9 Å². The van der Waals surface area contributed by atoms with Crippen LogP contribution in [-0.2, 0) is 9.57 Å². The highest BCUT2D eigenvalue weighted by Crippen LogP contribution is 2.34. The van der Waals surface area contributed by atoms with Crippen molar-refractivity contribution in [2.24, 2.45) is 5.92 Å². The Morgan fingerprint density at radius 3 is 2.86 bits per heavy atom. The number of hydroxylamine groups is 2. The van der Waals surface area contributed by atoms with E-state index < -0.39 is 6.16 Å². The summed E-state index contributed by atoms with van der Waals surface area (Å²) in [6.07, 6.45) is 0.0646. The molecule has 1 saturated heterocycles. The van der Waals surface area contributed by atoms with Gasteiger partial charge in [0, 0.05) is 25.1 Å². The van der Waals surface area contributed by atoms with Crippen molar-refractivity contribution in [3.63, 3.8) is 0 Å². The smallest absolute Gasteiger partial charge is 0.508 e. The Labute approximate surface area is 123 Å². The second-order valence-corrected chi connectivity index (χ2v) is 5.66. The van der Waals surface area contributed by atoms with E-state index in [0.29, 0.717) is 19.7 Å². The van der Waals surface area contributed by atoms with Gasteiger partial charge in [-0.2, -0.15) is 0 Å². The number of carbonyl (C=O) groups is 1. The number of carbonyl (C=O) groups excluding carboxylic acids is 1. The zero-order valence-electron chi connectivity index (χ0n) is 12.3. The first kappa shape index (κ1) is 15.4. The predicted molar refractivity (Wildman–Crippen MR) is 76.0 cm³/mol. The lowest BCUT2D eigenvalue weighted by Crippen LogP contribution is -2.26. The van der Waals surface area contributed by atoms with Crippen LogP contribution in [0.2, 0.25) is 0 Å². The molecule has 0 aliphatic carbocycles. The molecule has 1 aliphatic rings. The largest absolute Gasteiger partial charge is 0.527 e. The lowest BCUT2D eigenvalue weighted by molar-refractivity contribution is -0.115. The highest BCUT2D eigenvalue weighted by atomic mass is 16.8. The topological polar surface area (TPSA) is 79.2 Å². The summed E-state index contributed by atoms with van der Waals surface area (Å²) in [6, 6.07) is 4.54. The van der Waals surface area contributed by atoms with Gasteiger partial charge < -0.3 is 19.8 Å². The van der Waals surface area contributed by atoms with E-state index in [9.17, 15) is 15.0 Å². The van der Waals surface area contributed by atoms with Gasteiger partial charge >= 0.3 is 6.16 Å². The number of hydrogen-bond donors (Lipinski definition) is 2. The maximum Gasteiger partial charge on any atom is 0.527 e. The molecule has 1 unspecified atom stereocenters. The van der Waals surface area contributed by atoms with Gasteiger partial charge in [0.05, 0.1) is 6.61 Å². The molecule has 1 heterocycles. The Morgan fingerprint density at radius 2 is 2.19 bits per heavy atom. The molecule has 0 bridgehead atoms. The Morgan fingerprint density at radius 1 is 1.43 bits per heavy atom. The van der Waals surface area contributed by atoms with Crippen LogP contribution in [0.4, 0.5) is 4.79 Å². The van der Waals surface area contributed by atoms with Crippen LogP contribution in [0.25, 0.3) is 0 Å². The number of phenols is 2. The van der Waals surface area contributed by atoms with Crippen molar-refractivity contribution in [2.45, 2.75) is 26.2 Å². The fraction of sp³-hybridized carbons (Fsp3) is 0.533. The second kappa shape index (κ2) is 6.67. The molecule has 0 aromatic heterocycles. The van der Waals surface area contributed by atoms with Crippen LogP contribution in [-0.4, -0.2) is 41.1 Å². The van der Waals surface area contributed by atoms with Crippen LogP contribution in [0.3, 0.4) is 0 Å². The van der Waals surface area contributed by atoms with E-state index >= 15 is 0 Å². The average molecular weight is 295 g/mol. The fourth-order valence-electron chi connectivity index (χ4n) is 2.31. The van der Waals surface area contributed by atoms with Gasteiger partial charge in [0.15, 0.2) is 0 Å². The Kier molecular flexibility index (Phi) is 4.90. The zero-order valence-corrected chi connectivity index (χ0v) is 12.3. The summed E-state index contributed by atoms with van der Waals surface area (Å²) < 4.78 is 4.96. The number of ether oxygens (including phenoxy) is 1. The molecule has 6 nitrogen and oxygen atoms in total. The van der Waals surface area contributed by atoms with E-state index in [-0.39, 0.29) is 23.3 Å². The third-order valence-corrected chi connectivity index (χ3v) is 3.34. The van der Waals surface area contributed by atoms with E-state index in [1.54, 1.807) is 11.1 Å². The molecule has 116 valence electrons. The molecular formula is C15H21NO5. The van der Waals surface area contributed by atoms with Gasteiger partial charge in [-0.3, -0.25) is 0 Å². The minimum absolute atomic E-state index is 0.0274. The van der Waals surface area contributed by atoms with Crippen molar-refractivity contribution in [3.05, 3.63) is 23.8 Å². The Balaban J connectivity index is 1.87. The highest BCUT2D eigenvalue weighted by molar-refractivity contribution is 5.59. The zero-order chi connectivity index (χ0) is 15.4. The summed E-state index contributed by atoms with van der Waals surface area (Å²) in [7, 11) is 0. The van der Waals surface area contributed by atoms with Crippen molar-refractivity contribution in [2.75, 3.05) is 19.7 Å². The molecule has 0 amide bonds. The third kappa shape index (κ3) is 4.26. The highest BCUT2D eigenvalue weighted by Gasteiger charge is 2.28. The van der Waals surface area contributed by atoms with Crippen molar-refractivity contribution >= 4 is 6.16 Å². The summed E-state index contributed by atoms with van der Waals surface area (Å²) in [6.45, 7) is 5.31. The molecule has 1 aliphatic heterocycles. The first-order chi connectivity index (χ1) is 9.95. The van der Waals surface area contributed by atoms with Crippen LogP contribution in [0.1, 0.15) is 31.7 Å². The van der Waals surface area contributed by atoms with E-state index in [1.165, 1.54) is 12.1 Å². The summed E-state index contributed by atoms with van der Waals surface area (Å²) in [5, 5.41) is 20.7. The Hall–Kier alpha value is -1.95. The molecular weight excluding hydrogens is 274 g/mol. The normalized spacial score (nSPS) is 18.9. The third-order valence-electron chi connectivity index (χ3n) is 3.34. The monoisotopic (exact) mass is 295 g/mol. The quantitative estimate of drug-likeness (QED) is 0.831. The minimum atomic E-state index is -0.695. The summed E-state index contributed by atoms with van der Waals surface area (Å²) >= 11 is 0. The summed E-state index contributed by atoms with van der Waals surface area (Å²) in [5.74, 6) is 0.408. The maximum absolute atomic E-state index is 11.5. The molecule has 0 saturated carbocycles. The van der Waals surface area contributed by atoms with Crippen molar-refractivity contribution in [1.82, 2.24) is 5.06 Å². The second-order valence-electron chi connectivity index (χ2n) is 5.66. The number of aromatic hydroxyl groups is 2. The number of nitrogens with zero attached hydrogens (tertiary/aromatic N) is 1. The van der Waals surface area contributed by atoms with Gasteiger partial charge in [-0.25, -0.2) is 4.79 Å². The van der Waals surface area contributed by atoms with Gasteiger partial charge in [-0.05, 0) is 24.0 Å². The SMILES string of the molecule is CC(C)COC(=O)ON1CCC(c2ccc(O)cc2O)C1. The standard InChI is InChI=1S/C15H21NO5/c1-10(2)9-20-15(19)21-16-6-5-11(8-16)13-4-3-12(17)7-14(13)18/h3-4,7,10-11,17-18H,5-6,8-9H2,1-2H3. The predicted octanol–water partition coefficient (Wildman–Crippen LogP) is 2.61. The minimum Gasteiger partial charge on any atom is -0.508 e. The fourth-order valence-corrected chi connectivity index (χ4v) is 2.31. The van der Waals surface area contributed by atoms with Crippen LogP contribution in [0, 0.1) is 5.92 Å². The van der Waals surface area contributed by atoms with E-state index in [0.717, 1.165) is 12.0 Å². The molecule has 1 aromatic carbocycles. The van der Waals surface area contributed by atoms with Crippen LogP contribution < -0.4 is 0 Å². The molecule has 6 heteroatoms. The molecule has 1 atom stereocenters. The van der Waals surface area contributed by atoms with Crippen LogP contribution >= 0.6 is 0 Å². The van der Waals surface area contributed by atoms with Gasteiger partial charge in [0.1, 0.15) is 11.5 Å². The van der Waals surface area contributed by atoms with Crippen molar-refractivity contribution < 1.29 is 24.6 Å². The molecule has 1 fully saturated rings. The molecule has 0 spiro atoms. The van der Waals surface area contributed by atoms with Gasteiger partial charge in [0.25, 0.3) is 0 Å². The average Bonchev–Trinajstić information content (AvgIpc) is 2.84. The van der Waals surface area contributed by atoms with Crippen LogP contribution in [0.15, 0.2) is 18.2 Å². The summed E-state index contributed by atoms with van der Waals surface area (Å²) in [4.78, 5) is 16.6. The van der Waals surface area contributed by atoms with Gasteiger partial charge in [0.2, 0.25) is 0 Å². The molecule has 2 N–H and O–H groups in total. The lowest BCUT2D eigenvalue weighted by Gasteiger charge is -2.16. The van der Waals surface area contributed by atoms with Crippen LogP contribution in [0.5, 0.6) is 11.5 Å². The lowest BCUT2D eigenvalue weighted by atomic mass is 9.97. The molecule has 0 radical (unpaired) electrons. The number of rotatable bonds is 4. The molecule has 1 aromatic rings. The van der Waals surface area contributed by atoms with Crippen molar-refractivity contribution in [3.8, 4) is 11.5 Å². The van der Waals surface area contributed by atoms with E-state index in [2.05, 4.69) is 0 Å². The summed E-state index contributed by atoms with van der Waals surface area (Å²) in [5.41, 5.74) is 0.745. The van der Waals surface area contributed by atoms with Gasteiger partial charge in [-0.15, -0.1) is 5.06 Å². The number of hydrogen-bond acceptors (Lipinski definition) is 6. The van der Waals surface area contributed by atoms with E-state index in [1.807, 2.05) is 13.8 Å². The number of benzene rings is 1. The van der Waals surface area contributed by atoms with Crippen molar-refractivity contribution in [1.29, 1.82) is 0 Å². The maximum atomic E-state index is 11.5. The number of phenolic OH excluding ortho intramolecular Hbond substituents is 2. The Bertz CT molecular complexity index is 503. The molecule has 2 rings (SSSR count). The molecule has 21 heavy (non-hydrogen) atoms. The first-order valence-corrected chi connectivity index (χ1v) is 7.07. The first-order valence-electron chi connectivity index (χ1n) is 7.07. The van der Waals surface area contributed by atoms with E-state index in [4.69, 9.17) is 9.57 Å².